The third-order valence-corrected chi connectivity index (χ3v) is 5.23. The summed E-state index contributed by atoms with van der Waals surface area (Å²) >= 11 is 0. The van der Waals surface area contributed by atoms with E-state index < -0.39 is 0 Å². The van der Waals surface area contributed by atoms with Crippen LogP contribution in [0.4, 0.5) is 5.69 Å². The first-order valence-electron chi connectivity index (χ1n) is 8.47. The Hall–Kier alpha value is -2.00. The van der Waals surface area contributed by atoms with Gasteiger partial charge in [0.1, 0.15) is 5.75 Å². The van der Waals surface area contributed by atoms with E-state index in [1.165, 1.54) is 37.4 Å². The Bertz CT molecular complexity index is 644. The van der Waals surface area contributed by atoms with Crippen molar-refractivity contribution in [1.82, 2.24) is 4.90 Å². The molecular formula is C20H24N2O. The molecule has 0 N–H and O–H groups in total. The van der Waals surface area contributed by atoms with Crippen LogP contribution in [0.15, 0.2) is 54.6 Å². The van der Waals surface area contributed by atoms with Crippen LogP contribution in [-0.4, -0.2) is 38.2 Å². The van der Waals surface area contributed by atoms with E-state index in [-0.39, 0.29) is 0 Å². The van der Waals surface area contributed by atoms with Gasteiger partial charge in [0.25, 0.3) is 0 Å². The maximum atomic E-state index is 5.36. The first-order chi connectivity index (χ1) is 11.3. The van der Waals surface area contributed by atoms with E-state index in [9.17, 15) is 0 Å². The Morgan fingerprint density at radius 1 is 0.913 bits per heavy atom. The summed E-state index contributed by atoms with van der Waals surface area (Å²) in [6.07, 6.45) is 0. The van der Waals surface area contributed by atoms with Gasteiger partial charge < -0.3 is 9.64 Å². The molecule has 2 aromatic rings. The van der Waals surface area contributed by atoms with Crippen molar-refractivity contribution in [3.63, 3.8) is 0 Å². The van der Waals surface area contributed by atoms with Crippen LogP contribution in [0.5, 0.6) is 5.75 Å². The number of anilines is 1. The minimum atomic E-state index is 0.796. The summed E-state index contributed by atoms with van der Waals surface area (Å²) in [6, 6.07) is 19.3. The topological polar surface area (TPSA) is 15.7 Å². The van der Waals surface area contributed by atoms with Gasteiger partial charge in [-0.2, -0.15) is 0 Å². The lowest BCUT2D eigenvalue weighted by Gasteiger charge is -2.23. The molecule has 2 aromatic carbocycles. The summed E-state index contributed by atoms with van der Waals surface area (Å²) in [5, 5.41) is 0. The molecule has 0 bridgehead atoms. The average Bonchev–Trinajstić information content (AvgIpc) is 3.14. The molecule has 4 rings (SSSR count). The summed E-state index contributed by atoms with van der Waals surface area (Å²) in [7, 11) is 1.74. The highest BCUT2D eigenvalue weighted by molar-refractivity contribution is 5.52. The van der Waals surface area contributed by atoms with Crippen LogP contribution in [-0.2, 0) is 6.54 Å². The lowest BCUT2D eigenvalue weighted by atomic mass is 10.0. The third-order valence-electron chi connectivity index (χ3n) is 5.23. The molecule has 0 amide bonds. The van der Waals surface area contributed by atoms with Crippen LogP contribution < -0.4 is 9.64 Å². The average molecular weight is 308 g/mol. The van der Waals surface area contributed by atoms with Crippen LogP contribution in [0.25, 0.3) is 0 Å². The van der Waals surface area contributed by atoms with Gasteiger partial charge in [-0.3, -0.25) is 4.90 Å². The molecule has 2 aliphatic heterocycles. The highest BCUT2D eigenvalue weighted by Crippen LogP contribution is 2.35. The number of ether oxygens (including phenoxy) is 1. The standard InChI is InChI=1S/C20H24N2O/c1-23-20-9-5-8-19(10-20)22-14-17-12-21(13-18(17)15-22)11-16-6-3-2-4-7-16/h2-10,17-18H,11-15H2,1H3/t17-,18-/m1/s1. The van der Waals surface area contributed by atoms with Crippen LogP contribution >= 0.6 is 0 Å². The molecule has 0 saturated carbocycles. The zero-order valence-electron chi connectivity index (χ0n) is 13.7. The minimum Gasteiger partial charge on any atom is -0.497 e. The number of benzene rings is 2. The molecule has 2 atom stereocenters. The molecule has 0 radical (unpaired) electrons. The highest BCUT2D eigenvalue weighted by atomic mass is 16.5. The van der Waals surface area contributed by atoms with Gasteiger partial charge in [-0.1, -0.05) is 36.4 Å². The zero-order chi connectivity index (χ0) is 15.6. The van der Waals surface area contributed by atoms with E-state index in [0.29, 0.717) is 0 Å². The molecule has 120 valence electrons. The van der Waals surface area contributed by atoms with E-state index in [2.05, 4.69) is 58.3 Å². The van der Waals surface area contributed by atoms with Gasteiger partial charge in [0.2, 0.25) is 0 Å². The van der Waals surface area contributed by atoms with E-state index in [1.807, 2.05) is 6.07 Å². The van der Waals surface area contributed by atoms with E-state index in [1.54, 1.807) is 7.11 Å². The predicted octanol–water partition coefficient (Wildman–Crippen LogP) is 3.26. The summed E-state index contributed by atoms with van der Waals surface area (Å²) in [4.78, 5) is 5.14. The molecule has 23 heavy (non-hydrogen) atoms. The van der Waals surface area contributed by atoms with Gasteiger partial charge in [-0.05, 0) is 29.5 Å². The van der Waals surface area contributed by atoms with Crippen molar-refractivity contribution in [3.05, 3.63) is 60.2 Å². The Labute approximate surface area is 138 Å². The quantitative estimate of drug-likeness (QED) is 0.862. The highest BCUT2D eigenvalue weighted by Gasteiger charge is 2.39. The van der Waals surface area contributed by atoms with Crippen molar-refractivity contribution in [2.45, 2.75) is 6.54 Å². The summed E-state index contributed by atoms with van der Waals surface area (Å²) < 4.78 is 5.36. The van der Waals surface area contributed by atoms with Crippen LogP contribution in [0, 0.1) is 11.8 Å². The third kappa shape index (κ3) is 3.06. The summed E-state index contributed by atoms with van der Waals surface area (Å²) in [5.41, 5.74) is 2.73. The van der Waals surface area contributed by atoms with Crippen LogP contribution in [0.2, 0.25) is 0 Å². The zero-order valence-corrected chi connectivity index (χ0v) is 13.7. The number of likely N-dealkylation sites (tertiary alicyclic amines) is 1. The number of rotatable bonds is 4. The maximum absolute atomic E-state index is 5.36. The van der Waals surface area contributed by atoms with Crippen molar-refractivity contribution in [2.75, 3.05) is 38.2 Å². The molecule has 0 aromatic heterocycles. The Kier molecular flexibility index (Phi) is 3.96. The first kappa shape index (κ1) is 14.6. The number of fused-ring (bicyclic) bond motifs is 1. The van der Waals surface area contributed by atoms with Crippen LogP contribution in [0.1, 0.15) is 5.56 Å². The normalized spacial score (nSPS) is 24.0. The van der Waals surface area contributed by atoms with Crippen molar-refractivity contribution < 1.29 is 4.74 Å². The second kappa shape index (κ2) is 6.25. The monoisotopic (exact) mass is 308 g/mol. The molecule has 0 aliphatic carbocycles. The number of hydrogen-bond donors (Lipinski definition) is 0. The number of nitrogens with zero attached hydrogens (tertiary/aromatic N) is 2. The predicted molar refractivity (Wildman–Crippen MR) is 93.9 cm³/mol. The van der Waals surface area contributed by atoms with Gasteiger partial charge in [-0.15, -0.1) is 0 Å². The van der Waals surface area contributed by atoms with Crippen LogP contribution in [0.3, 0.4) is 0 Å². The van der Waals surface area contributed by atoms with Crippen molar-refractivity contribution in [3.8, 4) is 5.75 Å². The number of methoxy groups -OCH3 is 1. The summed E-state index contributed by atoms with van der Waals surface area (Å²) in [6.45, 7) is 5.87. The second-order valence-corrected chi connectivity index (χ2v) is 6.81. The Balaban J connectivity index is 1.38. The largest absolute Gasteiger partial charge is 0.497 e. The molecule has 3 heteroatoms. The van der Waals surface area contributed by atoms with E-state index in [0.717, 1.165) is 24.1 Å². The van der Waals surface area contributed by atoms with Gasteiger partial charge in [-0.25, -0.2) is 0 Å². The molecule has 0 spiro atoms. The minimum absolute atomic E-state index is 0.796. The molecule has 2 saturated heterocycles. The Morgan fingerprint density at radius 2 is 1.65 bits per heavy atom. The SMILES string of the molecule is COc1cccc(N2C[C@H]3CN(Cc4ccccc4)C[C@@H]3C2)c1. The fourth-order valence-corrected chi connectivity index (χ4v) is 4.08. The van der Waals surface area contributed by atoms with E-state index >= 15 is 0 Å². The molecule has 2 heterocycles. The molecule has 3 nitrogen and oxygen atoms in total. The van der Waals surface area contributed by atoms with Gasteiger partial charge in [0.05, 0.1) is 7.11 Å². The molecule has 0 unspecified atom stereocenters. The van der Waals surface area contributed by atoms with Gasteiger partial charge >= 0.3 is 0 Å². The first-order valence-corrected chi connectivity index (χ1v) is 8.47. The van der Waals surface area contributed by atoms with E-state index in [4.69, 9.17) is 4.74 Å². The second-order valence-electron chi connectivity index (χ2n) is 6.81. The molecular weight excluding hydrogens is 284 g/mol. The summed E-state index contributed by atoms with van der Waals surface area (Å²) in [5.74, 6) is 2.54. The fourth-order valence-electron chi connectivity index (χ4n) is 4.08. The van der Waals surface area contributed by atoms with Crippen molar-refractivity contribution in [1.29, 1.82) is 0 Å². The van der Waals surface area contributed by atoms with Gasteiger partial charge in [0.15, 0.2) is 0 Å². The lowest BCUT2D eigenvalue weighted by Crippen LogP contribution is -2.28. The van der Waals surface area contributed by atoms with Crippen molar-refractivity contribution >= 4 is 5.69 Å². The number of hydrogen-bond acceptors (Lipinski definition) is 3. The smallest absolute Gasteiger partial charge is 0.120 e. The fraction of sp³-hybridized carbons (Fsp3) is 0.400. The van der Waals surface area contributed by atoms with Gasteiger partial charge in [0, 0.05) is 44.5 Å². The maximum Gasteiger partial charge on any atom is 0.120 e. The Morgan fingerprint density at radius 3 is 2.35 bits per heavy atom. The van der Waals surface area contributed by atoms with Crippen molar-refractivity contribution in [2.24, 2.45) is 11.8 Å². The molecule has 2 fully saturated rings. The lowest BCUT2D eigenvalue weighted by molar-refractivity contribution is 0.309. The molecule has 2 aliphatic rings.